The molecule has 1 amide bonds. The van der Waals surface area contributed by atoms with Gasteiger partial charge in [0.25, 0.3) is 0 Å². The quantitative estimate of drug-likeness (QED) is 0.797. The van der Waals surface area contributed by atoms with E-state index in [1.165, 1.54) is 23.9 Å². The van der Waals surface area contributed by atoms with Crippen LogP contribution in [-0.2, 0) is 9.53 Å². The van der Waals surface area contributed by atoms with Crippen molar-refractivity contribution in [3.63, 3.8) is 0 Å². The summed E-state index contributed by atoms with van der Waals surface area (Å²) in [6.07, 6.45) is 3.90. The van der Waals surface area contributed by atoms with Crippen LogP contribution in [0.25, 0.3) is 11.3 Å². The summed E-state index contributed by atoms with van der Waals surface area (Å²) in [5.74, 6) is -0.0145. The molecule has 2 N–H and O–H groups in total. The number of ether oxygens (including phenoxy) is 1. The van der Waals surface area contributed by atoms with Crippen molar-refractivity contribution in [3.8, 4) is 11.3 Å². The molecule has 3 rings (SSSR count). The number of carbonyl (C=O) groups is 1. The molecule has 1 aromatic heterocycles. The minimum atomic E-state index is -0.272. The van der Waals surface area contributed by atoms with Crippen LogP contribution in [0.2, 0.25) is 0 Å². The molecule has 1 aliphatic heterocycles. The molecule has 122 valence electrons. The second-order valence-corrected chi connectivity index (χ2v) is 6.30. The van der Waals surface area contributed by atoms with Gasteiger partial charge in [0.15, 0.2) is 5.16 Å². The summed E-state index contributed by atoms with van der Waals surface area (Å²) in [6, 6.07) is 6.18. The van der Waals surface area contributed by atoms with E-state index in [9.17, 15) is 9.18 Å². The fourth-order valence-corrected chi connectivity index (χ4v) is 3.05. The molecule has 2 heterocycles. The van der Waals surface area contributed by atoms with E-state index in [1.807, 2.05) is 0 Å². The molecule has 1 saturated heterocycles. The third-order valence-corrected chi connectivity index (χ3v) is 4.49. The van der Waals surface area contributed by atoms with Crippen LogP contribution in [0.1, 0.15) is 12.8 Å². The number of H-pyrrole nitrogens is 1. The third-order valence-electron chi connectivity index (χ3n) is 3.60. The molecule has 5 nitrogen and oxygen atoms in total. The number of carbonyl (C=O) groups excluding carboxylic acids is 1. The van der Waals surface area contributed by atoms with Crippen LogP contribution < -0.4 is 5.32 Å². The van der Waals surface area contributed by atoms with Gasteiger partial charge in [0.1, 0.15) is 5.82 Å². The van der Waals surface area contributed by atoms with E-state index in [4.69, 9.17) is 4.74 Å². The zero-order valence-corrected chi connectivity index (χ0v) is 13.4. The van der Waals surface area contributed by atoms with Gasteiger partial charge in [-0.15, -0.1) is 0 Å². The second-order valence-electron chi connectivity index (χ2n) is 5.34. The van der Waals surface area contributed by atoms with E-state index in [0.29, 0.717) is 17.5 Å². The van der Waals surface area contributed by atoms with Gasteiger partial charge in [-0.1, -0.05) is 11.8 Å². The molecule has 0 bridgehead atoms. The monoisotopic (exact) mass is 335 g/mol. The van der Waals surface area contributed by atoms with Crippen molar-refractivity contribution in [2.75, 3.05) is 18.9 Å². The molecule has 23 heavy (non-hydrogen) atoms. The molecule has 0 saturated carbocycles. The van der Waals surface area contributed by atoms with Crippen LogP contribution in [-0.4, -0.2) is 40.9 Å². The van der Waals surface area contributed by atoms with Gasteiger partial charge in [0, 0.05) is 13.2 Å². The lowest BCUT2D eigenvalue weighted by atomic mass is 10.2. The normalized spacial score (nSPS) is 17.3. The molecule has 1 atom stereocenters. The highest BCUT2D eigenvalue weighted by Gasteiger charge is 2.16. The first-order valence-corrected chi connectivity index (χ1v) is 8.51. The summed E-state index contributed by atoms with van der Waals surface area (Å²) in [6.45, 7) is 1.35. The predicted molar refractivity (Wildman–Crippen MR) is 86.7 cm³/mol. The highest BCUT2D eigenvalue weighted by molar-refractivity contribution is 7.99. The number of rotatable bonds is 6. The smallest absolute Gasteiger partial charge is 0.230 e. The van der Waals surface area contributed by atoms with Crippen molar-refractivity contribution in [1.82, 2.24) is 15.3 Å². The third kappa shape index (κ3) is 4.56. The fourth-order valence-electron chi connectivity index (χ4n) is 2.37. The lowest BCUT2D eigenvalue weighted by Crippen LogP contribution is -2.32. The SMILES string of the molecule is O=C(CSc1ncc(-c2ccc(F)cc2)[nH]1)NC[C@H]1CCCO1. The first-order chi connectivity index (χ1) is 11.2. The van der Waals surface area contributed by atoms with E-state index < -0.39 is 0 Å². The Bertz CT molecular complexity index is 654. The number of aromatic nitrogens is 2. The molecule has 1 aromatic carbocycles. The lowest BCUT2D eigenvalue weighted by molar-refractivity contribution is -0.119. The number of hydrogen-bond acceptors (Lipinski definition) is 4. The topological polar surface area (TPSA) is 67.0 Å². The molecule has 0 unspecified atom stereocenters. The molecule has 1 fully saturated rings. The van der Waals surface area contributed by atoms with E-state index in [1.54, 1.807) is 18.3 Å². The van der Waals surface area contributed by atoms with Gasteiger partial charge in [-0.25, -0.2) is 9.37 Å². The number of aromatic amines is 1. The largest absolute Gasteiger partial charge is 0.376 e. The Morgan fingerprint density at radius 1 is 1.43 bits per heavy atom. The van der Waals surface area contributed by atoms with Gasteiger partial charge >= 0.3 is 0 Å². The molecule has 7 heteroatoms. The van der Waals surface area contributed by atoms with E-state index in [0.717, 1.165) is 30.7 Å². The number of thioether (sulfide) groups is 1. The van der Waals surface area contributed by atoms with Crippen LogP contribution in [0.4, 0.5) is 4.39 Å². The maximum absolute atomic E-state index is 12.9. The molecule has 0 spiro atoms. The van der Waals surface area contributed by atoms with Crippen LogP contribution >= 0.6 is 11.8 Å². The Hall–Kier alpha value is -1.86. The summed E-state index contributed by atoms with van der Waals surface area (Å²) in [5.41, 5.74) is 1.65. The lowest BCUT2D eigenvalue weighted by Gasteiger charge is -2.10. The van der Waals surface area contributed by atoms with Crippen LogP contribution in [0.5, 0.6) is 0 Å². The van der Waals surface area contributed by atoms with Crippen molar-refractivity contribution in [2.45, 2.75) is 24.1 Å². The Kier molecular flexibility index (Phi) is 5.30. The van der Waals surface area contributed by atoms with Crippen LogP contribution in [0.3, 0.4) is 0 Å². The average molecular weight is 335 g/mol. The van der Waals surface area contributed by atoms with Gasteiger partial charge in [-0.05, 0) is 42.7 Å². The highest BCUT2D eigenvalue weighted by atomic mass is 32.2. The number of nitrogens with one attached hydrogen (secondary N) is 2. The second kappa shape index (κ2) is 7.61. The molecular formula is C16H18FN3O2S. The summed E-state index contributed by atoms with van der Waals surface area (Å²) < 4.78 is 18.4. The van der Waals surface area contributed by atoms with Gasteiger partial charge in [0.05, 0.1) is 23.7 Å². The first-order valence-electron chi connectivity index (χ1n) is 7.53. The first kappa shape index (κ1) is 16.0. The number of benzene rings is 1. The van der Waals surface area contributed by atoms with Crippen molar-refractivity contribution >= 4 is 17.7 Å². The number of amides is 1. The zero-order valence-electron chi connectivity index (χ0n) is 12.5. The predicted octanol–water partition coefficient (Wildman–Crippen LogP) is 2.60. The van der Waals surface area contributed by atoms with Gasteiger partial charge < -0.3 is 15.0 Å². The Labute approximate surface area is 138 Å². The Morgan fingerprint density at radius 3 is 3.00 bits per heavy atom. The number of nitrogens with zero attached hydrogens (tertiary/aromatic N) is 1. The summed E-state index contributed by atoms with van der Waals surface area (Å²) in [7, 11) is 0. The van der Waals surface area contributed by atoms with E-state index >= 15 is 0 Å². The molecule has 0 aliphatic carbocycles. The van der Waals surface area contributed by atoms with Crippen LogP contribution in [0.15, 0.2) is 35.6 Å². The summed E-state index contributed by atoms with van der Waals surface area (Å²) in [5, 5.41) is 3.53. The van der Waals surface area contributed by atoms with E-state index in [-0.39, 0.29) is 17.8 Å². The minimum Gasteiger partial charge on any atom is -0.376 e. The van der Waals surface area contributed by atoms with Gasteiger partial charge in [0.2, 0.25) is 5.91 Å². The summed E-state index contributed by atoms with van der Waals surface area (Å²) >= 11 is 1.34. The fraction of sp³-hybridized carbons (Fsp3) is 0.375. The maximum atomic E-state index is 12.9. The number of hydrogen-bond donors (Lipinski definition) is 2. The Morgan fingerprint density at radius 2 is 2.26 bits per heavy atom. The average Bonchev–Trinajstić information content (AvgIpc) is 3.23. The number of halogens is 1. The standard InChI is InChI=1S/C16H18FN3O2S/c17-12-5-3-11(4-6-12)14-9-19-16(20-14)23-10-15(21)18-8-13-2-1-7-22-13/h3-6,9,13H,1-2,7-8,10H2,(H,18,21)(H,19,20)/t13-/m1/s1. The highest BCUT2D eigenvalue weighted by Crippen LogP contribution is 2.21. The van der Waals surface area contributed by atoms with Gasteiger partial charge in [-0.3, -0.25) is 4.79 Å². The van der Waals surface area contributed by atoms with Gasteiger partial charge in [-0.2, -0.15) is 0 Å². The van der Waals surface area contributed by atoms with E-state index in [2.05, 4.69) is 15.3 Å². The maximum Gasteiger partial charge on any atom is 0.230 e. The molecule has 2 aromatic rings. The molecular weight excluding hydrogens is 317 g/mol. The van der Waals surface area contributed by atoms with Crippen molar-refractivity contribution in [1.29, 1.82) is 0 Å². The van der Waals surface area contributed by atoms with Crippen molar-refractivity contribution < 1.29 is 13.9 Å². The Balaban J connectivity index is 1.47. The summed E-state index contributed by atoms with van der Waals surface area (Å²) in [4.78, 5) is 19.2. The van der Waals surface area contributed by atoms with Crippen molar-refractivity contribution in [2.24, 2.45) is 0 Å². The molecule has 1 aliphatic rings. The minimum absolute atomic E-state index is 0.0368. The van der Waals surface area contributed by atoms with Crippen LogP contribution in [0, 0.1) is 5.82 Å². The number of imidazole rings is 1. The molecule has 0 radical (unpaired) electrons. The van der Waals surface area contributed by atoms with Crippen molar-refractivity contribution in [3.05, 3.63) is 36.3 Å². The zero-order chi connectivity index (χ0) is 16.1.